The van der Waals surface area contributed by atoms with E-state index in [2.05, 4.69) is 41.6 Å². The van der Waals surface area contributed by atoms with Gasteiger partial charge in [0.1, 0.15) is 0 Å². The maximum atomic E-state index is 3.48. The summed E-state index contributed by atoms with van der Waals surface area (Å²) in [5.74, 6) is 0.898. The molecule has 0 aromatic carbocycles. The summed E-state index contributed by atoms with van der Waals surface area (Å²) in [6.07, 6.45) is 3.91. The predicted octanol–water partition coefficient (Wildman–Crippen LogP) is 3.53. The van der Waals surface area contributed by atoms with E-state index in [0.717, 1.165) is 11.2 Å². The molecule has 2 heteroatoms. The molecule has 13 heavy (non-hydrogen) atoms. The number of hydrogen-bond donors (Lipinski definition) is 0. The first kappa shape index (κ1) is 13.4. The summed E-state index contributed by atoms with van der Waals surface area (Å²) in [5, 5.41) is 1.13. The standard InChI is InChI=1S/C11H24BrN/c1-4-11(5-2)10-13(6-3)9-7-8-12/h11H,4-10H2,1-3H3. The fourth-order valence-corrected chi connectivity index (χ4v) is 1.82. The Bertz CT molecular complexity index is 102. The SMILES string of the molecule is CCC(CC)CN(CC)CCCBr. The van der Waals surface area contributed by atoms with Crippen molar-refractivity contribution >= 4 is 15.9 Å². The Morgan fingerprint density at radius 1 is 1.15 bits per heavy atom. The van der Waals surface area contributed by atoms with E-state index >= 15 is 0 Å². The zero-order chi connectivity index (χ0) is 10.1. The van der Waals surface area contributed by atoms with Crippen molar-refractivity contribution in [1.82, 2.24) is 4.90 Å². The lowest BCUT2D eigenvalue weighted by Crippen LogP contribution is -2.30. The van der Waals surface area contributed by atoms with E-state index in [0.29, 0.717) is 0 Å². The third-order valence-corrected chi connectivity index (χ3v) is 3.29. The fraction of sp³-hybridized carbons (Fsp3) is 1.00. The highest BCUT2D eigenvalue weighted by atomic mass is 79.9. The zero-order valence-corrected chi connectivity index (χ0v) is 10.9. The second-order valence-electron chi connectivity index (χ2n) is 3.62. The minimum absolute atomic E-state index is 0.898. The van der Waals surface area contributed by atoms with Gasteiger partial charge in [0, 0.05) is 11.9 Å². The predicted molar refractivity (Wildman–Crippen MR) is 64.6 cm³/mol. The van der Waals surface area contributed by atoms with E-state index in [1.807, 2.05) is 0 Å². The Labute approximate surface area is 92.0 Å². The van der Waals surface area contributed by atoms with E-state index < -0.39 is 0 Å². The van der Waals surface area contributed by atoms with Gasteiger partial charge in [-0.15, -0.1) is 0 Å². The van der Waals surface area contributed by atoms with Gasteiger partial charge in [-0.25, -0.2) is 0 Å². The third-order valence-electron chi connectivity index (χ3n) is 2.73. The largest absolute Gasteiger partial charge is 0.303 e. The minimum atomic E-state index is 0.898. The van der Waals surface area contributed by atoms with Gasteiger partial charge in [0.2, 0.25) is 0 Å². The molecular weight excluding hydrogens is 226 g/mol. The van der Waals surface area contributed by atoms with Gasteiger partial charge >= 0.3 is 0 Å². The molecule has 0 bridgehead atoms. The van der Waals surface area contributed by atoms with Crippen LogP contribution in [0.15, 0.2) is 0 Å². The summed E-state index contributed by atoms with van der Waals surface area (Å²) < 4.78 is 0. The molecule has 0 spiro atoms. The van der Waals surface area contributed by atoms with Crippen molar-refractivity contribution in [1.29, 1.82) is 0 Å². The van der Waals surface area contributed by atoms with E-state index in [1.165, 1.54) is 38.9 Å². The molecule has 0 N–H and O–H groups in total. The molecule has 80 valence electrons. The minimum Gasteiger partial charge on any atom is -0.303 e. The fourth-order valence-electron chi connectivity index (χ4n) is 1.57. The molecule has 0 fully saturated rings. The molecule has 0 aliphatic heterocycles. The lowest BCUT2D eigenvalue weighted by molar-refractivity contribution is 0.235. The van der Waals surface area contributed by atoms with E-state index in [-0.39, 0.29) is 0 Å². The average Bonchev–Trinajstić information content (AvgIpc) is 2.19. The second-order valence-corrected chi connectivity index (χ2v) is 4.41. The Morgan fingerprint density at radius 3 is 2.15 bits per heavy atom. The van der Waals surface area contributed by atoms with Gasteiger partial charge in [-0.3, -0.25) is 0 Å². The van der Waals surface area contributed by atoms with Gasteiger partial charge in [-0.2, -0.15) is 0 Å². The van der Waals surface area contributed by atoms with Gasteiger partial charge in [0.25, 0.3) is 0 Å². The molecule has 0 heterocycles. The van der Waals surface area contributed by atoms with Crippen molar-refractivity contribution in [2.45, 2.75) is 40.0 Å². The Balaban J connectivity index is 3.67. The van der Waals surface area contributed by atoms with Crippen LogP contribution < -0.4 is 0 Å². The van der Waals surface area contributed by atoms with Crippen molar-refractivity contribution in [3.8, 4) is 0 Å². The van der Waals surface area contributed by atoms with Crippen LogP contribution in [0.2, 0.25) is 0 Å². The van der Waals surface area contributed by atoms with Crippen LogP contribution in [0.4, 0.5) is 0 Å². The van der Waals surface area contributed by atoms with Crippen LogP contribution in [-0.4, -0.2) is 29.9 Å². The Morgan fingerprint density at radius 2 is 1.77 bits per heavy atom. The number of rotatable bonds is 8. The highest BCUT2D eigenvalue weighted by molar-refractivity contribution is 9.09. The van der Waals surface area contributed by atoms with Gasteiger partial charge < -0.3 is 4.90 Å². The number of halogens is 1. The third kappa shape index (κ3) is 6.50. The number of nitrogens with zero attached hydrogens (tertiary/aromatic N) is 1. The lowest BCUT2D eigenvalue weighted by Gasteiger charge is -2.24. The highest BCUT2D eigenvalue weighted by Gasteiger charge is 2.08. The summed E-state index contributed by atoms with van der Waals surface area (Å²) in [6, 6.07) is 0. The summed E-state index contributed by atoms with van der Waals surface area (Å²) in [5.41, 5.74) is 0. The Hall–Kier alpha value is 0.440. The first-order chi connectivity index (χ1) is 6.28. The van der Waals surface area contributed by atoms with Crippen molar-refractivity contribution < 1.29 is 0 Å². The van der Waals surface area contributed by atoms with Gasteiger partial charge in [-0.05, 0) is 25.4 Å². The molecule has 0 aliphatic carbocycles. The molecule has 0 saturated carbocycles. The van der Waals surface area contributed by atoms with Crippen molar-refractivity contribution in [2.75, 3.05) is 25.0 Å². The summed E-state index contributed by atoms with van der Waals surface area (Å²) in [4.78, 5) is 2.57. The van der Waals surface area contributed by atoms with E-state index in [4.69, 9.17) is 0 Å². The van der Waals surface area contributed by atoms with Gasteiger partial charge in [-0.1, -0.05) is 49.5 Å². The van der Waals surface area contributed by atoms with Crippen LogP contribution in [-0.2, 0) is 0 Å². The molecular formula is C11H24BrN. The first-order valence-corrected chi connectivity index (χ1v) is 6.68. The molecule has 0 unspecified atom stereocenters. The van der Waals surface area contributed by atoms with Crippen molar-refractivity contribution in [3.05, 3.63) is 0 Å². The van der Waals surface area contributed by atoms with Crippen LogP contribution in [0.1, 0.15) is 40.0 Å². The average molecular weight is 250 g/mol. The molecule has 1 nitrogen and oxygen atoms in total. The first-order valence-electron chi connectivity index (χ1n) is 5.56. The van der Waals surface area contributed by atoms with Crippen LogP contribution >= 0.6 is 15.9 Å². The molecule has 0 rings (SSSR count). The second kappa shape index (κ2) is 9.01. The molecule has 0 aromatic heterocycles. The molecule has 0 amide bonds. The van der Waals surface area contributed by atoms with Crippen LogP contribution in [0, 0.1) is 5.92 Å². The van der Waals surface area contributed by atoms with E-state index in [9.17, 15) is 0 Å². The maximum Gasteiger partial charge on any atom is 0.00434 e. The van der Waals surface area contributed by atoms with Crippen LogP contribution in [0.25, 0.3) is 0 Å². The number of alkyl halides is 1. The van der Waals surface area contributed by atoms with Crippen LogP contribution in [0.3, 0.4) is 0 Å². The monoisotopic (exact) mass is 249 g/mol. The summed E-state index contributed by atoms with van der Waals surface area (Å²) in [6.45, 7) is 10.6. The Kier molecular flexibility index (Phi) is 9.32. The molecule has 0 aromatic rings. The number of hydrogen-bond acceptors (Lipinski definition) is 1. The van der Waals surface area contributed by atoms with Gasteiger partial charge in [0.15, 0.2) is 0 Å². The quantitative estimate of drug-likeness (QED) is 0.596. The molecule has 0 saturated heterocycles. The molecule has 0 aliphatic rings. The van der Waals surface area contributed by atoms with Gasteiger partial charge in [0.05, 0.1) is 0 Å². The highest BCUT2D eigenvalue weighted by Crippen LogP contribution is 2.10. The van der Waals surface area contributed by atoms with Crippen LogP contribution in [0.5, 0.6) is 0 Å². The van der Waals surface area contributed by atoms with E-state index in [1.54, 1.807) is 0 Å². The smallest absolute Gasteiger partial charge is 0.00434 e. The van der Waals surface area contributed by atoms with Crippen molar-refractivity contribution in [2.24, 2.45) is 5.92 Å². The molecule has 0 atom stereocenters. The normalized spacial score (nSPS) is 11.5. The zero-order valence-electron chi connectivity index (χ0n) is 9.35. The lowest BCUT2D eigenvalue weighted by atomic mass is 10.0. The van der Waals surface area contributed by atoms with Crippen molar-refractivity contribution in [3.63, 3.8) is 0 Å². The summed E-state index contributed by atoms with van der Waals surface area (Å²) in [7, 11) is 0. The molecule has 0 radical (unpaired) electrons. The topological polar surface area (TPSA) is 3.24 Å². The summed E-state index contributed by atoms with van der Waals surface area (Å²) >= 11 is 3.48. The maximum absolute atomic E-state index is 3.48.